The van der Waals surface area contributed by atoms with Gasteiger partial charge in [-0.3, -0.25) is 14.3 Å². The second-order valence-corrected chi connectivity index (χ2v) is 7.36. The van der Waals surface area contributed by atoms with E-state index in [0.29, 0.717) is 0 Å². The molecular weight excluding hydrogens is 359 g/mol. The van der Waals surface area contributed by atoms with Crippen LogP contribution >= 0.6 is 7.82 Å². The van der Waals surface area contributed by atoms with Gasteiger partial charge in [-0.15, -0.1) is 0 Å². The summed E-state index contributed by atoms with van der Waals surface area (Å²) in [5, 5.41) is 20.3. The van der Waals surface area contributed by atoms with E-state index in [0.717, 1.165) is 6.20 Å². The minimum atomic E-state index is -4.78. The van der Waals surface area contributed by atoms with Gasteiger partial charge in [0.2, 0.25) is 0 Å². The van der Waals surface area contributed by atoms with Gasteiger partial charge in [-0.05, 0) is 13.3 Å². The number of hydrogen-bond acceptors (Lipinski definition) is 7. The van der Waals surface area contributed by atoms with Crippen LogP contribution in [0.3, 0.4) is 0 Å². The predicted octanol–water partition coefficient (Wildman–Crippen LogP) is -1.11. The van der Waals surface area contributed by atoms with E-state index in [9.17, 15) is 24.4 Å². The van der Waals surface area contributed by atoms with Gasteiger partial charge >= 0.3 is 13.5 Å². The molecule has 1 aliphatic rings. The highest BCUT2D eigenvalue weighted by Gasteiger charge is 2.47. The summed E-state index contributed by atoms with van der Waals surface area (Å²) in [6.07, 6.45) is -3.99. The van der Waals surface area contributed by atoms with Crippen LogP contribution in [0.4, 0.5) is 0 Å². The Hall–Kier alpha value is -1.33. The number of aromatic nitrogens is 2. The molecule has 1 saturated heterocycles. The topological polar surface area (TPSA) is 182 Å². The molecule has 0 amide bonds. The highest BCUT2D eigenvalue weighted by molar-refractivity contribution is 7.46. The van der Waals surface area contributed by atoms with Crippen LogP contribution in [0.15, 0.2) is 15.8 Å². The highest BCUT2D eigenvalue weighted by atomic mass is 31.2. The van der Waals surface area contributed by atoms with Crippen molar-refractivity contribution in [2.45, 2.75) is 56.7 Å². The third-order valence-corrected chi connectivity index (χ3v) is 4.92. The van der Waals surface area contributed by atoms with Crippen LogP contribution in [0.25, 0.3) is 0 Å². The Morgan fingerprint density at radius 2 is 1.96 bits per heavy atom. The fourth-order valence-electron chi connectivity index (χ4n) is 2.76. The summed E-state index contributed by atoms with van der Waals surface area (Å²) in [5.41, 5.74) is -2.91. The minimum Gasteiger partial charge on any atom is -0.388 e. The van der Waals surface area contributed by atoms with Gasteiger partial charge in [0.05, 0.1) is 17.3 Å². The van der Waals surface area contributed by atoms with Crippen molar-refractivity contribution in [3.8, 4) is 0 Å². The SMILES string of the molecule is CCC(C)(C[C@H]1O[C@@H](c2c[nH]c(=O)[nH]c2=O)[C@H](O)[C@@H]1O)OP(=O)(O)O. The third-order valence-electron chi connectivity index (χ3n) is 4.24. The van der Waals surface area contributed by atoms with Gasteiger partial charge in [-0.25, -0.2) is 9.36 Å². The van der Waals surface area contributed by atoms with Crippen LogP contribution in [-0.2, 0) is 13.8 Å². The Morgan fingerprint density at radius 3 is 2.48 bits per heavy atom. The van der Waals surface area contributed by atoms with E-state index in [1.807, 2.05) is 4.98 Å². The number of hydrogen-bond donors (Lipinski definition) is 6. The van der Waals surface area contributed by atoms with Crippen LogP contribution in [0.5, 0.6) is 0 Å². The van der Waals surface area contributed by atoms with Crippen molar-refractivity contribution in [2.75, 3.05) is 0 Å². The van der Waals surface area contributed by atoms with Crippen LogP contribution in [0.2, 0.25) is 0 Å². The molecule has 142 valence electrons. The van der Waals surface area contributed by atoms with Crippen LogP contribution < -0.4 is 11.2 Å². The van der Waals surface area contributed by atoms with E-state index in [1.54, 1.807) is 6.92 Å². The Balaban J connectivity index is 2.23. The monoisotopic (exact) mass is 380 g/mol. The molecule has 0 radical (unpaired) electrons. The fraction of sp³-hybridized carbons (Fsp3) is 0.692. The predicted molar refractivity (Wildman–Crippen MR) is 83.8 cm³/mol. The summed E-state index contributed by atoms with van der Waals surface area (Å²) >= 11 is 0. The number of phosphoric acid groups is 1. The standard InChI is InChI=1S/C13H21N2O9P/c1-3-13(2,24-25(20,21)22)4-7-8(16)9(17)10(23-7)6-5-14-12(19)15-11(6)18/h5,7-10,16-17H,3-4H2,1-2H3,(H2,20,21,22)(H2,14,15,18,19)/t7-,8-,9-,10+,13?/m1/s1. The molecule has 0 aliphatic carbocycles. The Kier molecular flexibility index (Phi) is 5.69. The summed E-state index contributed by atoms with van der Waals surface area (Å²) in [6, 6.07) is 0. The second kappa shape index (κ2) is 7.12. The molecule has 0 spiro atoms. The molecule has 0 aromatic carbocycles. The first kappa shape index (κ1) is 20.0. The van der Waals surface area contributed by atoms with Gasteiger partial charge in [-0.2, -0.15) is 0 Å². The van der Waals surface area contributed by atoms with Crippen molar-refractivity contribution in [1.82, 2.24) is 9.97 Å². The van der Waals surface area contributed by atoms with Crippen LogP contribution in [-0.4, -0.2) is 53.9 Å². The number of aliphatic hydroxyl groups is 2. The zero-order chi connectivity index (χ0) is 19.0. The zero-order valence-corrected chi connectivity index (χ0v) is 14.5. The summed E-state index contributed by atoms with van der Waals surface area (Å²) in [7, 11) is -4.78. The number of H-pyrrole nitrogens is 2. The van der Waals surface area contributed by atoms with E-state index in [4.69, 9.17) is 19.0 Å². The summed E-state index contributed by atoms with van der Waals surface area (Å²) < 4.78 is 21.4. The van der Waals surface area contributed by atoms with E-state index in [1.165, 1.54) is 6.92 Å². The van der Waals surface area contributed by atoms with Gasteiger partial charge in [0.25, 0.3) is 5.56 Å². The molecule has 25 heavy (non-hydrogen) atoms. The lowest BCUT2D eigenvalue weighted by Gasteiger charge is -2.31. The average Bonchev–Trinajstić information content (AvgIpc) is 2.74. The quantitative estimate of drug-likeness (QED) is 0.333. The minimum absolute atomic E-state index is 0.0808. The number of aromatic amines is 2. The third kappa shape index (κ3) is 4.64. The van der Waals surface area contributed by atoms with Gasteiger partial charge in [0, 0.05) is 12.6 Å². The van der Waals surface area contributed by atoms with Crippen molar-refractivity contribution in [3.05, 3.63) is 32.6 Å². The largest absolute Gasteiger partial charge is 0.470 e. The fourth-order valence-corrected chi connectivity index (χ4v) is 3.54. The summed E-state index contributed by atoms with van der Waals surface area (Å²) in [6.45, 7) is 3.08. The first-order valence-electron chi connectivity index (χ1n) is 7.55. The smallest absolute Gasteiger partial charge is 0.388 e. The molecule has 6 N–H and O–H groups in total. The van der Waals surface area contributed by atoms with Gasteiger partial charge in [-0.1, -0.05) is 6.92 Å². The van der Waals surface area contributed by atoms with Crippen molar-refractivity contribution >= 4 is 7.82 Å². The van der Waals surface area contributed by atoms with E-state index in [-0.39, 0.29) is 18.4 Å². The average molecular weight is 380 g/mol. The molecule has 1 aromatic rings. The van der Waals surface area contributed by atoms with E-state index >= 15 is 0 Å². The molecule has 5 atom stereocenters. The molecule has 2 rings (SSSR count). The maximum atomic E-state index is 11.8. The molecule has 1 fully saturated rings. The first-order chi connectivity index (χ1) is 11.5. The van der Waals surface area contributed by atoms with Crippen molar-refractivity contribution in [3.63, 3.8) is 0 Å². The molecule has 0 saturated carbocycles. The lowest BCUT2D eigenvalue weighted by molar-refractivity contribution is -0.0519. The lowest BCUT2D eigenvalue weighted by Crippen LogP contribution is -2.38. The molecule has 0 bridgehead atoms. The molecule has 1 unspecified atom stereocenters. The van der Waals surface area contributed by atoms with Crippen molar-refractivity contribution < 1.29 is 33.8 Å². The maximum Gasteiger partial charge on any atom is 0.470 e. The van der Waals surface area contributed by atoms with Gasteiger partial charge in [0.15, 0.2) is 0 Å². The number of rotatable bonds is 6. The Morgan fingerprint density at radius 1 is 1.32 bits per heavy atom. The summed E-state index contributed by atoms with van der Waals surface area (Å²) in [5.74, 6) is 0. The highest BCUT2D eigenvalue weighted by Crippen LogP contribution is 2.46. The molecule has 1 aromatic heterocycles. The van der Waals surface area contributed by atoms with E-state index in [2.05, 4.69) is 4.98 Å². The number of aliphatic hydroxyl groups excluding tert-OH is 2. The van der Waals surface area contributed by atoms with E-state index < -0.39 is 49.1 Å². The molecule has 12 heteroatoms. The van der Waals surface area contributed by atoms with Crippen LogP contribution in [0.1, 0.15) is 38.4 Å². The number of ether oxygens (including phenoxy) is 1. The van der Waals surface area contributed by atoms with Gasteiger partial charge in [0.1, 0.15) is 18.3 Å². The molecule has 11 nitrogen and oxygen atoms in total. The maximum absolute atomic E-state index is 11.8. The molecule has 1 aliphatic heterocycles. The molecule has 2 heterocycles. The second-order valence-electron chi connectivity index (χ2n) is 6.19. The lowest BCUT2D eigenvalue weighted by atomic mass is 9.92. The normalized spacial score (nSPS) is 29.5. The molecular formula is C13H21N2O9P. The Bertz CT molecular complexity index is 771. The number of nitrogens with one attached hydrogen (secondary N) is 2. The zero-order valence-electron chi connectivity index (χ0n) is 13.6. The van der Waals surface area contributed by atoms with Crippen LogP contribution in [0, 0.1) is 0 Å². The number of phosphoric ester groups is 1. The van der Waals surface area contributed by atoms with Gasteiger partial charge < -0.3 is 29.7 Å². The summed E-state index contributed by atoms with van der Waals surface area (Å²) in [4.78, 5) is 45.2. The van der Waals surface area contributed by atoms with Crippen molar-refractivity contribution in [1.29, 1.82) is 0 Å². The van der Waals surface area contributed by atoms with Crippen molar-refractivity contribution in [2.24, 2.45) is 0 Å². The Labute approximate surface area is 141 Å². The first-order valence-corrected chi connectivity index (χ1v) is 9.08.